The minimum Gasteiger partial charge on any atom is -0.497 e. The third-order valence-electron chi connectivity index (χ3n) is 4.09. The molecule has 0 saturated carbocycles. The zero-order valence-corrected chi connectivity index (χ0v) is 17.3. The number of nitrogens with zero attached hydrogens (tertiary/aromatic N) is 3. The van der Waals surface area contributed by atoms with Gasteiger partial charge in [-0.05, 0) is 44.9 Å². The lowest BCUT2D eigenvalue weighted by molar-refractivity contribution is -0.131. The Morgan fingerprint density at radius 2 is 1.96 bits per heavy atom. The fourth-order valence-electron chi connectivity index (χ4n) is 2.56. The number of halogens is 1. The number of rotatable bonds is 9. The lowest BCUT2D eigenvalue weighted by Crippen LogP contribution is -2.45. The standard InChI is InChI=1S/C19H31ClN4O2/c1-6-21-19(23(4)14-18(25)24(7-2)8-3)22-12-11-15-9-10-16(26-5)13-17(15)20/h9-10,13H,6-8,11-12,14H2,1-5H3,(H,21,22). The largest absolute Gasteiger partial charge is 0.497 e. The second kappa shape index (κ2) is 11.6. The first-order valence-electron chi connectivity index (χ1n) is 9.06. The summed E-state index contributed by atoms with van der Waals surface area (Å²) in [5, 5.41) is 3.91. The third-order valence-corrected chi connectivity index (χ3v) is 4.44. The summed E-state index contributed by atoms with van der Waals surface area (Å²) < 4.78 is 5.17. The zero-order chi connectivity index (χ0) is 19.5. The number of aliphatic imine (C=N–C) groups is 1. The second-order valence-corrected chi connectivity index (χ2v) is 6.27. The number of carbonyl (C=O) groups excluding carboxylic acids is 1. The molecule has 1 amide bonds. The maximum absolute atomic E-state index is 12.3. The average molecular weight is 383 g/mol. The Morgan fingerprint density at radius 3 is 2.50 bits per heavy atom. The monoisotopic (exact) mass is 382 g/mol. The Labute approximate surface area is 162 Å². The van der Waals surface area contributed by atoms with Crippen LogP contribution < -0.4 is 10.1 Å². The molecular formula is C19H31ClN4O2. The molecule has 0 heterocycles. The van der Waals surface area contributed by atoms with Gasteiger partial charge >= 0.3 is 0 Å². The van der Waals surface area contributed by atoms with Crippen molar-refractivity contribution in [2.24, 2.45) is 4.99 Å². The lowest BCUT2D eigenvalue weighted by Gasteiger charge is -2.25. The quantitative estimate of drug-likeness (QED) is 0.527. The summed E-state index contributed by atoms with van der Waals surface area (Å²) in [6.07, 6.45) is 0.718. The van der Waals surface area contributed by atoms with Gasteiger partial charge < -0.3 is 19.9 Å². The molecule has 1 rings (SSSR count). The van der Waals surface area contributed by atoms with Crippen LogP contribution in [0.3, 0.4) is 0 Å². The second-order valence-electron chi connectivity index (χ2n) is 5.87. The van der Waals surface area contributed by atoms with Gasteiger partial charge in [0.15, 0.2) is 5.96 Å². The summed E-state index contributed by atoms with van der Waals surface area (Å²) in [6, 6.07) is 5.66. The van der Waals surface area contributed by atoms with Gasteiger partial charge in [-0.15, -0.1) is 0 Å². The van der Waals surface area contributed by atoms with E-state index in [2.05, 4.69) is 10.3 Å². The van der Waals surface area contributed by atoms with Crippen molar-refractivity contribution in [2.75, 3.05) is 46.9 Å². The van der Waals surface area contributed by atoms with Gasteiger partial charge in [0.05, 0.1) is 13.7 Å². The molecule has 0 aromatic heterocycles. The minimum absolute atomic E-state index is 0.0984. The predicted molar refractivity (Wildman–Crippen MR) is 108 cm³/mol. The Balaban J connectivity index is 2.71. The van der Waals surface area contributed by atoms with Gasteiger partial charge in [0, 0.05) is 38.2 Å². The molecule has 26 heavy (non-hydrogen) atoms. The van der Waals surface area contributed by atoms with Crippen LogP contribution in [-0.2, 0) is 11.2 Å². The summed E-state index contributed by atoms with van der Waals surface area (Å²) in [4.78, 5) is 20.6. The number of likely N-dealkylation sites (N-methyl/N-ethyl adjacent to an activating group) is 2. The van der Waals surface area contributed by atoms with Crippen molar-refractivity contribution in [3.05, 3.63) is 28.8 Å². The summed E-state index contributed by atoms with van der Waals surface area (Å²) in [5.74, 6) is 1.56. The highest BCUT2D eigenvalue weighted by molar-refractivity contribution is 6.31. The molecule has 146 valence electrons. The first-order valence-corrected chi connectivity index (χ1v) is 9.44. The molecule has 0 aliphatic carbocycles. The number of ether oxygens (including phenoxy) is 1. The van der Waals surface area contributed by atoms with Crippen molar-refractivity contribution in [3.8, 4) is 5.75 Å². The van der Waals surface area contributed by atoms with Gasteiger partial charge in [-0.1, -0.05) is 17.7 Å². The molecule has 6 nitrogen and oxygen atoms in total. The average Bonchev–Trinajstić information content (AvgIpc) is 2.63. The highest BCUT2D eigenvalue weighted by Gasteiger charge is 2.15. The number of amides is 1. The summed E-state index contributed by atoms with van der Waals surface area (Å²) in [6.45, 7) is 9.04. The Bertz CT molecular complexity index is 603. The van der Waals surface area contributed by atoms with E-state index in [0.717, 1.165) is 30.2 Å². The molecule has 1 N–H and O–H groups in total. The van der Waals surface area contributed by atoms with Crippen LogP contribution in [0.4, 0.5) is 0 Å². The van der Waals surface area contributed by atoms with Crippen molar-refractivity contribution in [1.29, 1.82) is 0 Å². The molecule has 0 aliphatic rings. The van der Waals surface area contributed by atoms with E-state index >= 15 is 0 Å². The summed E-state index contributed by atoms with van der Waals surface area (Å²) in [5.41, 5.74) is 1.02. The molecular weight excluding hydrogens is 352 g/mol. The van der Waals surface area contributed by atoms with E-state index in [1.54, 1.807) is 13.2 Å². The fraction of sp³-hybridized carbons (Fsp3) is 0.579. The van der Waals surface area contributed by atoms with Crippen molar-refractivity contribution < 1.29 is 9.53 Å². The van der Waals surface area contributed by atoms with E-state index in [1.165, 1.54) is 0 Å². The highest BCUT2D eigenvalue weighted by Crippen LogP contribution is 2.22. The topological polar surface area (TPSA) is 57.2 Å². The number of carbonyl (C=O) groups is 1. The van der Waals surface area contributed by atoms with E-state index in [9.17, 15) is 4.79 Å². The van der Waals surface area contributed by atoms with Crippen LogP contribution in [0.15, 0.2) is 23.2 Å². The van der Waals surface area contributed by atoms with Crippen LogP contribution >= 0.6 is 11.6 Å². The molecule has 7 heteroatoms. The van der Waals surface area contributed by atoms with Crippen molar-refractivity contribution in [2.45, 2.75) is 27.2 Å². The molecule has 0 aliphatic heterocycles. The van der Waals surface area contributed by atoms with Crippen LogP contribution in [-0.4, -0.2) is 68.5 Å². The van der Waals surface area contributed by atoms with Crippen molar-refractivity contribution in [1.82, 2.24) is 15.1 Å². The first kappa shape index (κ1) is 22.1. The Kier molecular flexibility index (Phi) is 9.88. The first-order chi connectivity index (χ1) is 12.5. The molecule has 0 spiro atoms. The Morgan fingerprint density at radius 1 is 1.27 bits per heavy atom. The van der Waals surface area contributed by atoms with Crippen LogP contribution in [0, 0.1) is 0 Å². The normalized spacial score (nSPS) is 11.2. The van der Waals surface area contributed by atoms with E-state index < -0.39 is 0 Å². The smallest absolute Gasteiger partial charge is 0.242 e. The van der Waals surface area contributed by atoms with Gasteiger partial charge in [0.25, 0.3) is 0 Å². The molecule has 1 aromatic carbocycles. The molecule has 0 saturated heterocycles. The van der Waals surface area contributed by atoms with Crippen molar-refractivity contribution in [3.63, 3.8) is 0 Å². The van der Waals surface area contributed by atoms with Gasteiger partial charge in [-0.3, -0.25) is 9.79 Å². The number of nitrogens with one attached hydrogen (secondary N) is 1. The molecule has 0 bridgehead atoms. The zero-order valence-electron chi connectivity index (χ0n) is 16.5. The minimum atomic E-state index is 0.0984. The van der Waals surface area contributed by atoms with Gasteiger partial charge in [-0.2, -0.15) is 0 Å². The number of hydrogen-bond donors (Lipinski definition) is 1. The number of hydrogen-bond acceptors (Lipinski definition) is 3. The Hall–Kier alpha value is -1.95. The third kappa shape index (κ3) is 6.75. The lowest BCUT2D eigenvalue weighted by atomic mass is 10.1. The summed E-state index contributed by atoms with van der Waals surface area (Å²) in [7, 11) is 3.50. The van der Waals surface area contributed by atoms with E-state index in [0.29, 0.717) is 31.2 Å². The highest BCUT2D eigenvalue weighted by atomic mass is 35.5. The fourth-order valence-corrected chi connectivity index (χ4v) is 2.83. The maximum Gasteiger partial charge on any atom is 0.242 e. The molecule has 0 unspecified atom stereocenters. The molecule has 1 aromatic rings. The van der Waals surface area contributed by atoms with E-state index in [1.807, 2.05) is 49.8 Å². The van der Waals surface area contributed by atoms with Crippen molar-refractivity contribution >= 4 is 23.5 Å². The van der Waals surface area contributed by atoms with Crippen LogP contribution in [0.5, 0.6) is 5.75 Å². The molecule has 0 radical (unpaired) electrons. The molecule has 0 fully saturated rings. The number of benzene rings is 1. The van der Waals surface area contributed by atoms with E-state index in [4.69, 9.17) is 16.3 Å². The number of guanidine groups is 1. The predicted octanol–water partition coefficient (Wildman–Crippen LogP) is 2.66. The number of methoxy groups -OCH3 is 1. The molecule has 0 atom stereocenters. The van der Waals surface area contributed by atoms with Gasteiger partial charge in [-0.25, -0.2) is 0 Å². The van der Waals surface area contributed by atoms with Crippen LogP contribution in [0.25, 0.3) is 0 Å². The van der Waals surface area contributed by atoms with Crippen LogP contribution in [0.2, 0.25) is 5.02 Å². The van der Waals surface area contributed by atoms with E-state index in [-0.39, 0.29) is 5.91 Å². The SMILES string of the molecule is CCNC(=NCCc1ccc(OC)cc1Cl)N(C)CC(=O)N(CC)CC. The van der Waals surface area contributed by atoms with Gasteiger partial charge in [0.1, 0.15) is 5.75 Å². The van der Waals surface area contributed by atoms with Crippen LogP contribution in [0.1, 0.15) is 26.3 Å². The summed E-state index contributed by atoms with van der Waals surface area (Å²) >= 11 is 6.28. The van der Waals surface area contributed by atoms with Gasteiger partial charge in [0.2, 0.25) is 5.91 Å². The maximum atomic E-state index is 12.3.